The molecule has 0 bridgehead atoms. The minimum absolute atomic E-state index is 0.0230. The predicted molar refractivity (Wildman–Crippen MR) is 44.2 cm³/mol. The van der Waals surface area contributed by atoms with Crippen molar-refractivity contribution in [3.8, 4) is 0 Å². The van der Waals surface area contributed by atoms with Crippen LogP contribution in [0, 0.1) is 0 Å². The Morgan fingerprint density at radius 3 is 2.64 bits per heavy atom. The molecule has 1 amide bonds. The van der Waals surface area contributed by atoms with Crippen molar-refractivity contribution in [2.45, 2.75) is 19.8 Å². The number of carbonyl (C=O) groups is 2. The second-order valence-corrected chi connectivity index (χ2v) is 3.05. The molecule has 1 aliphatic rings. The molecule has 4 heteroatoms. The largest absolute Gasteiger partial charge is 0.299 e. The Bertz CT molecular complexity index is 208. The Hall–Kier alpha value is -0.770. The van der Waals surface area contributed by atoms with Crippen LogP contribution in [-0.2, 0) is 9.59 Å². The lowest BCUT2D eigenvalue weighted by atomic mass is 10.4. The smallest absolute Gasteiger partial charge is 0.228 e. The maximum atomic E-state index is 11.0. The second-order valence-electron chi connectivity index (χ2n) is 2.58. The molecular weight excluding hydrogens is 162 g/mol. The van der Waals surface area contributed by atoms with E-state index in [0.29, 0.717) is 17.8 Å². The number of amides is 1. The summed E-state index contributed by atoms with van der Waals surface area (Å²) in [6.07, 6.45) is 1.09. The molecule has 0 spiro atoms. The minimum atomic E-state index is -0.0254. The van der Waals surface area contributed by atoms with Gasteiger partial charge in [-0.05, 0) is 6.92 Å². The van der Waals surface area contributed by atoms with E-state index >= 15 is 0 Å². The lowest BCUT2D eigenvalue weighted by Crippen LogP contribution is -2.32. The number of Topliss-reactive ketones (excluding diaryl/α,β-unsaturated/α-hetero) is 1. The number of thiocarbonyl (C=S) groups is 1. The van der Waals surface area contributed by atoms with Crippen LogP contribution in [0.2, 0.25) is 0 Å². The van der Waals surface area contributed by atoms with Gasteiger partial charge in [-0.15, -0.1) is 0 Å². The third kappa shape index (κ3) is 1.83. The van der Waals surface area contributed by atoms with E-state index in [2.05, 4.69) is 0 Å². The van der Waals surface area contributed by atoms with E-state index in [1.54, 1.807) is 0 Å². The zero-order chi connectivity index (χ0) is 8.43. The fourth-order valence-corrected chi connectivity index (χ4v) is 1.29. The minimum Gasteiger partial charge on any atom is -0.299 e. The van der Waals surface area contributed by atoms with Gasteiger partial charge in [-0.3, -0.25) is 14.5 Å². The third-order valence-electron chi connectivity index (χ3n) is 1.54. The fraction of sp³-hybridized carbons (Fsp3) is 0.571. The van der Waals surface area contributed by atoms with Gasteiger partial charge in [0.25, 0.3) is 0 Å². The highest BCUT2D eigenvalue weighted by atomic mass is 32.1. The molecule has 0 atom stereocenters. The Kier molecular flexibility index (Phi) is 2.34. The Morgan fingerprint density at radius 1 is 1.64 bits per heavy atom. The SMILES string of the molecule is CC(=O)CN1C(=O)CCC1=S. The van der Waals surface area contributed by atoms with Gasteiger partial charge in [0.2, 0.25) is 5.91 Å². The summed E-state index contributed by atoms with van der Waals surface area (Å²) in [6.45, 7) is 1.60. The molecule has 1 aliphatic heterocycles. The van der Waals surface area contributed by atoms with Crippen molar-refractivity contribution < 1.29 is 9.59 Å². The van der Waals surface area contributed by atoms with Crippen LogP contribution in [0.3, 0.4) is 0 Å². The maximum absolute atomic E-state index is 11.0. The first kappa shape index (κ1) is 8.33. The zero-order valence-electron chi connectivity index (χ0n) is 6.29. The summed E-state index contributed by atoms with van der Waals surface area (Å²) in [7, 11) is 0. The molecule has 0 saturated carbocycles. The molecule has 0 aromatic heterocycles. The average molecular weight is 171 g/mol. The molecule has 0 aromatic rings. The lowest BCUT2D eigenvalue weighted by Gasteiger charge is -2.12. The van der Waals surface area contributed by atoms with Crippen LogP contribution < -0.4 is 0 Å². The summed E-state index contributed by atoms with van der Waals surface area (Å²) in [4.78, 5) is 23.6. The number of hydrogen-bond donors (Lipinski definition) is 0. The summed E-state index contributed by atoms with van der Waals surface area (Å²) in [5.41, 5.74) is 0. The van der Waals surface area contributed by atoms with Crippen molar-refractivity contribution in [1.82, 2.24) is 4.90 Å². The molecule has 1 rings (SSSR count). The predicted octanol–water partition coefficient (Wildman–Crippen LogP) is 0.525. The lowest BCUT2D eigenvalue weighted by molar-refractivity contribution is -0.129. The Labute approximate surface area is 70.4 Å². The van der Waals surface area contributed by atoms with Crippen LogP contribution in [0.1, 0.15) is 19.8 Å². The van der Waals surface area contributed by atoms with E-state index in [1.165, 1.54) is 11.8 Å². The van der Waals surface area contributed by atoms with Crippen molar-refractivity contribution in [3.05, 3.63) is 0 Å². The van der Waals surface area contributed by atoms with E-state index in [9.17, 15) is 9.59 Å². The number of likely N-dealkylation sites (tertiary alicyclic amines) is 1. The van der Waals surface area contributed by atoms with Gasteiger partial charge in [0.15, 0.2) is 0 Å². The fourth-order valence-electron chi connectivity index (χ4n) is 1.02. The Balaban J connectivity index is 2.62. The Morgan fingerprint density at radius 2 is 2.27 bits per heavy atom. The first-order valence-corrected chi connectivity index (χ1v) is 3.84. The molecule has 0 unspecified atom stereocenters. The number of nitrogens with zero attached hydrogens (tertiary/aromatic N) is 1. The van der Waals surface area contributed by atoms with Gasteiger partial charge >= 0.3 is 0 Å². The van der Waals surface area contributed by atoms with E-state index in [1.807, 2.05) is 0 Å². The number of hydrogen-bond acceptors (Lipinski definition) is 3. The summed E-state index contributed by atoms with van der Waals surface area (Å²) >= 11 is 4.89. The number of carbonyl (C=O) groups excluding carboxylic acids is 2. The first-order valence-electron chi connectivity index (χ1n) is 3.44. The molecule has 1 saturated heterocycles. The van der Waals surface area contributed by atoms with Crippen LogP contribution >= 0.6 is 12.2 Å². The number of ketones is 1. The highest BCUT2D eigenvalue weighted by Gasteiger charge is 2.25. The van der Waals surface area contributed by atoms with E-state index in [0.717, 1.165) is 0 Å². The van der Waals surface area contributed by atoms with Crippen LogP contribution in [0.25, 0.3) is 0 Å². The van der Waals surface area contributed by atoms with E-state index < -0.39 is 0 Å². The van der Waals surface area contributed by atoms with Gasteiger partial charge in [0, 0.05) is 12.8 Å². The van der Waals surface area contributed by atoms with Gasteiger partial charge in [0.05, 0.1) is 11.5 Å². The van der Waals surface area contributed by atoms with Gasteiger partial charge in [0.1, 0.15) is 5.78 Å². The molecule has 11 heavy (non-hydrogen) atoms. The van der Waals surface area contributed by atoms with E-state index in [-0.39, 0.29) is 18.2 Å². The molecule has 3 nitrogen and oxygen atoms in total. The van der Waals surface area contributed by atoms with Crippen molar-refractivity contribution in [3.63, 3.8) is 0 Å². The summed E-state index contributed by atoms with van der Waals surface area (Å²) in [5, 5.41) is 0. The summed E-state index contributed by atoms with van der Waals surface area (Å²) in [6, 6.07) is 0. The zero-order valence-corrected chi connectivity index (χ0v) is 7.11. The molecule has 1 heterocycles. The van der Waals surface area contributed by atoms with Crippen LogP contribution in [-0.4, -0.2) is 28.1 Å². The quantitative estimate of drug-likeness (QED) is 0.568. The first-order chi connectivity index (χ1) is 5.11. The van der Waals surface area contributed by atoms with Crippen molar-refractivity contribution >= 4 is 28.9 Å². The second kappa shape index (κ2) is 3.09. The molecule has 0 aliphatic carbocycles. The molecule has 0 N–H and O–H groups in total. The van der Waals surface area contributed by atoms with Crippen LogP contribution in [0.5, 0.6) is 0 Å². The van der Waals surface area contributed by atoms with Crippen molar-refractivity contribution in [1.29, 1.82) is 0 Å². The topological polar surface area (TPSA) is 37.4 Å². The number of rotatable bonds is 2. The standard InChI is InChI=1S/C7H9NO2S/c1-5(9)4-8-6(10)2-3-7(8)11/h2-4H2,1H3. The molecule has 0 radical (unpaired) electrons. The molecule has 0 aromatic carbocycles. The molecule has 60 valence electrons. The highest BCUT2D eigenvalue weighted by molar-refractivity contribution is 7.80. The maximum Gasteiger partial charge on any atom is 0.228 e. The third-order valence-corrected chi connectivity index (χ3v) is 1.96. The monoisotopic (exact) mass is 171 g/mol. The normalized spacial score (nSPS) is 17.7. The molecular formula is C7H9NO2S. The van der Waals surface area contributed by atoms with Crippen molar-refractivity contribution in [2.24, 2.45) is 0 Å². The highest BCUT2D eigenvalue weighted by Crippen LogP contribution is 2.12. The molecule has 1 fully saturated rings. The van der Waals surface area contributed by atoms with Gasteiger partial charge in [-0.1, -0.05) is 12.2 Å². The van der Waals surface area contributed by atoms with E-state index in [4.69, 9.17) is 12.2 Å². The van der Waals surface area contributed by atoms with Gasteiger partial charge in [-0.2, -0.15) is 0 Å². The van der Waals surface area contributed by atoms with Crippen LogP contribution in [0.4, 0.5) is 0 Å². The van der Waals surface area contributed by atoms with Crippen LogP contribution in [0.15, 0.2) is 0 Å². The summed E-state index contributed by atoms with van der Waals surface area (Å²) in [5.74, 6) is -0.0483. The van der Waals surface area contributed by atoms with Gasteiger partial charge in [-0.25, -0.2) is 0 Å². The summed E-state index contributed by atoms with van der Waals surface area (Å²) < 4.78 is 0. The van der Waals surface area contributed by atoms with Gasteiger partial charge < -0.3 is 0 Å². The average Bonchev–Trinajstić information content (AvgIpc) is 2.18. The van der Waals surface area contributed by atoms with Crippen molar-refractivity contribution in [2.75, 3.05) is 6.54 Å².